The highest BCUT2D eigenvalue weighted by molar-refractivity contribution is 7.90. The van der Waals surface area contributed by atoms with Crippen LogP contribution in [0.15, 0.2) is 17.2 Å². The molecule has 1 heterocycles. The molecule has 1 aromatic rings. The Kier molecular flexibility index (Phi) is 2.54. The molecule has 0 spiro atoms. The summed E-state index contributed by atoms with van der Waals surface area (Å²) in [7, 11) is 0. The number of hydrogen-bond acceptors (Lipinski definition) is 2. The van der Waals surface area contributed by atoms with Crippen molar-refractivity contribution < 1.29 is 4.55 Å². The third-order valence-electron chi connectivity index (χ3n) is 0.955. The van der Waals surface area contributed by atoms with E-state index in [1.165, 1.54) is 12.3 Å². The van der Waals surface area contributed by atoms with Crippen LogP contribution in [0.2, 0.25) is 5.15 Å². The molecule has 0 amide bonds. The van der Waals surface area contributed by atoms with E-state index < -0.39 is 11.2 Å². The highest BCUT2D eigenvalue weighted by atomic mass is 35.5. The largest absolute Gasteiger partial charge is 0.612 e. The van der Waals surface area contributed by atoms with Crippen molar-refractivity contribution in [2.75, 3.05) is 6.26 Å². The van der Waals surface area contributed by atoms with Crippen LogP contribution in [-0.2, 0) is 11.2 Å². The van der Waals surface area contributed by atoms with Crippen LogP contribution in [0.1, 0.15) is 0 Å². The maximum atomic E-state index is 10.8. The van der Waals surface area contributed by atoms with Crippen molar-refractivity contribution in [2.45, 2.75) is 4.90 Å². The van der Waals surface area contributed by atoms with Crippen LogP contribution < -0.4 is 0 Å². The van der Waals surface area contributed by atoms with Crippen molar-refractivity contribution in [1.29, 1.82) is 0 Å². The summed E-state index contributed by atoms with van der Waals surface area (Å²) in [5, 5.41) is 0.351. The summed E-state index contributed by atoms with van der Waals surface area (Å²) in [5.41, 5.74) is 0. The molecule has 0 bridgehead atoms. The smallest absolute Gasteiger partial charge is 0.165 e. The minimum absolute atomic E-state index is 0.351. The fourth-order valence-electron chi connectivity index (χ4n) is 0.511. The second kappa shape index (κ2) is 3.23. The van der Waals surface area contributed by atoms with Gasteiger partial charge in [0.05, 0.1) is 6.07 Å². The zero-order valence-corrected chi connectivity index (χ0v) is 6.87. The summed E-state index contributed by atoms with van der Waals surface area (Å²) < 4.78 is 10.8. The Hall–Kier alpha value is -0.250. The molecule has 1 unspecified atom stereocenters. The Balaban J connectivity index is 2.96. The predicted molar refractivity (Wildman–Crippen MR) is 40.4 cm³/mol. The van der Waals surface area contributed by atoms with E-state index in [2.05, 4.69) is 11.1 Å². The molecule has 0 aliphatic heterocycles. The number of hydrogen-bond donors (Lipinski definition) is 0. The summed E-state index contributed by atoms with van der Waals surface area (Å²) >= 11 is 4.50. The summed E-state index contributed by atoms with van der Waals surface area (Å²) in [6.07, 6.45) is 2.99. The van der Waals surface area contributed by atoms with Gasteiger partial charge in [0.25, 0.3) is 0 Å². The van der Waals surface area contributed by atoms with Gasteiger partial charge in [0.1, 0.15) is 11.4 Å². The van der Waals surface area contributed by atoms with Crippen LogP contribution in [-0.4, -0.2) is 15.8 Å². The van der Waals surface area contributed by atoms with Crippen molar-refractivity contribution in [1.82, 2.24) is 4.98 Å². The zero-order chi connectivity index (χ0) is 7.56. The number of rotatable bonds is 1. The van der Waals surface area contributed by atoms with Crippen LogP contribution >= 0.6 is 11.6 Å². The third-order valence-corrected chi connectivity index (χ3v) is 2.02. The molecular weight excluding hydrogens is 170 g/mol. The monoisotopic (exact) mass is 174 g/mol. The van der Waals surface area contributed by atoms with Gasteiger partial charge >= 0.3 is 0 Å². The molecule has 53 valence electrons. The summed E-state index contributed by atoms with van der Waals surface area (Å²) in [4.78, 5) is 4.28. The molecule has 4 heteroatoms. The molecule has 0 aliphatic carbocycles. The molecule has 2 nitrogen and oxygen atoms in total. The summed E-state index contributed by atoms with van der Waals surface area (Å²) in [6.45, 7) is 0. The first kappa shape index (κ1) is 7.85. The molecule has 1 atom stereocenters. The van der Waals surface area contributed by atoms with Gasteiger partial charge in [0.15, 0.2) is 4.90 Å². The Labute approximate surface area is 67.4 Å². The van der Waals surface area contributed by atoms with E-state index in [4.69, 9.17) is 11.6 Å². The van der Waals surface area contributed by atoms with Crippen LogP contribution in [0.4, 0.5) is 0 Å². The lowest BCUT2D eigenvalue weighted by atomic mass is 10.5. The highest BCUT2D eigenvalue weighted by Gasteiger charge is 2.03. The van der Waals surface area contributed by atoms with E-state index in [0.717, 1.165) is 0 Å². The summed E-state index contributed by atoms with van der Waals surface area (Å²) in [6, 6.07) is 4.25. The lowest BCUT2D eigenvalue weighted by Crippen LogP contribution is -1.97. The van der Waals surface area contributed by atoms with Gasteiger partial charge in [0, 0.05) is 12.3 Å². The third kappa shape index (κ3) is 1.87. The SMILES string of the molecule is C[S+]([O-])c1[c]cnc(Cl)c1. The molecule has 1 aromatic heterocycles. The molecule has 0 aliphatic rings. The van der Waals surface area contributed by atoms with Gasteiger partial charge in [-0.15, -0.1) is 0 Å². The van der Waals surface area contributed by atoms with Crippen LogP contribution in [0.25, 0.3) is 0 Å². The van der Waals surface area contributed by atoms with Gasteiger partial charge in [-0.1, -0.05) is 11.6 Å². The first-order chi connectivity index (χ1) is 4.70. The van der Waals surface area contributed by atoms with Crippen molar-refractivity contribution in [3.63, 3.8) is 0 Å². The predicted octanol–water partition coefficient (Wildman–Crippen LogP) is 1.27. The molecule has 0 fully saturated rings. The quantitative estimate of drug-likeness (QED) is 0.475. The fourth-order valence-corrected chi connectivity index (χ4v) is 1.23. The standard InChI is InChI=1S/C6H5ClNOS/c1-10(9)5-2-3-8-6(7)4-5/h3-4H,1H3. The number of nitrogens with zero attached hydrogens (tertiary/aromatic N) is 1. The number of pyridine rings is 1. The average molecular weight is 175 g/mol. The highest BCUT2D eigenvalue weighted by Crippen LogP contribution is 2.11. The first-order valence-corrected chi connectivity index (χ1v) is 4.50. The Morgan fingerprint density at radius 3 is 2.90 bits per heavy atom. The van der Waals surface area contributed by atoms with Gasteiger partial charge in [-0.25, -0.2) is 4.98 Å². The van der Waals surface area contributed by atoms with E-state index in [-0.39, 0.29) is 0 Å². The molecule has 0 N–H and O–H groups in total. The van der Waals surface area contributed by atoms with Crippen molar-refractivity contribution in [2.24, 2.45) is 0 Å². The van der Waals surface area contributed by atoms with Crippen LogP contribution in [0.3, 0.4) is 0 Å². The lowest BCUT2D eigenvalue weighted by Gasteiger charge is -2.01. The average Bonchev–Trinajstić information content (AvgIpc) is 1.88. The van der Waals surface area contributed by atoms with Gasteiger partial charge in [-0.05, 0) is 11.2 Å². The topological polar surface area (TPSA) is 36.0 Å². The molecule has 1 radical (unpaired) electrons. The fraction of sp³-hybridized carbons (Fsp3) is 0.167. The van der Waals surface area contributed by atoms with Crippen LogP contribution in [0.5, 0.6) is 0 Å². The van der Waals surface area contributed by atoms with Gasteiger partial charge < -0.3 is 4.55 Å². The Morgan fingerprint density at radius 1 is 1.80 bits per heavy atom. The van der Waals surface area contributed by atoms with E-state index in [1.54, 1.807) is 6.26 Å². The summed E-state index contributed by atoms with van der Waals surface area (Å²) in [5.74, 6) is 0. The lowest BCUT2D eigenvalue weighted by molar-refractivity contribution is 0.600. The van der Waals surface area contributed by atoms with Crippen molar-refractivity contribution in [3.8, 4) is 0 Å². The van der Waals surface area contributed by atoms with Gasteiger partial charge in [-0.2, -0.15) is 0 Å². The van der Waals surface area contributed by atoms with E-state index in [9.17, 15) is 4.55 Å². The van der Waals surface area contributed by atoms with Crippen molar-refractivity contribution >= 4 is 22.8 Å². The Bertz CT molecular complexity index is 229. The molecule has 0 saturated heterocycles. The maximum absolute atomic E-state index is 10.8. The normalized spacial score (nSPS) is 13.1. The van der Waals surface area contributed by atoms with Crippen LogP contribution in [0, 0.1) is 6.07 Å². The second-order valence-electron chi connectivity index (χ2n) is 1.69. The number of halogens is 1. The van der Waals surface area contributed by atoms with Gasteiger partial charge in [-0.3, -0.25) is 0 Å². The zero-order valence-electron chi connectivity index (χ0n) is 5.30. The first-order valence-electron chi connectivity index (χ1n) is 2.57. The minimum Gasteiger partial charge on any atom is -0.612 e. The van der Waals surface area contributed by atoms with E-state index in [0.29, 0.717) is 10.0 Å². The number of aromatic nitrogens is 1. The van der Waals surface area contributed by atoms with Gasteiger partial charge in [0.2, 0.25) is 0 Å². The molecule has 0 aromatic carbocycles. The van der Waals surface area contributed by atoms with Crippen molar-refractivity contribution in [3.05, 3.63) is 23.5 Å². The minimum atomic E-state index is -1.02. The van der Waals surface area contributed by atoms with E-state index >= 15 is 0 Å². The molecule has 0 saturated carbocycles. The molecule has 10 heavy (non-hydrogen) atoms. The second-order valence-corrected chi connectivity index (χ2v) is 3.42. The molecule has 1 rings (SSSR count). The Morgan fingerprint density at radius 2 is 2.50 bits per heavy atom. The molecular formula is C6H5ClNOS. The van der Waals surface area contributed by atoms with E-state index in [1.807, 2.05) is 0 Å². The maximum Gasteiger partial charge on any atom is 0.165 e.